The quantitative estimate of drug-likeness (QED) is 0.261. The number of ketones is 1. The molecule has 0 radical (unpaired) electrons. The van der Waals surface area contributed by atoms with Gasteiger partial charge in [0.25, 0.3) is 11.7 Å². The second-order valence-electron chi connectivity index (χ2n) is 9.32. The zero-order valence-corrected chi connectivity index (χ0v) is 21.6. The Morgan fingerprint density at radius 1 is 1.08 bits per heavy atom. The molecule has 2 aliphatic heterocycles. The summed E-state index contributed by atoms with van der Waals surface area (Å²) < 4.78 is 17.3. The number of benzene rings is 2. The number of likely N-dealkylation sites (tertiary alicyclic amines) is 1. The number of nitrogens with zero attached hydrogens (tertiary/aromatic N) is 2. The second-order valence-corrected chi connectivity index (χ2v) is 9.32. The number of amides is 1. The van der Waals surface area contributed by atoms with Crippen molar-refractivity contribution in [3.8, 4) is 17.2 Å². The fourth-order valence-corrected chi connectivity index (χ4v) is 5.04. The summed E-state index contributed by atoms with van der Waals surface area (Å²) in [5.74, 6) is 0.169. The van der Waals surface area contributed by atoms with Crippen LogP contribution in [0.2, 0.25) is 0 Å². The Labute approximate surface area is 221 Å². The molecule has 0 aliphatic carbocycles. The Kier molecular flexibility index (Phi) is 7.05. The van der Waals surface area contributed by atoms with Crippen LogP contribution in [0.4, 0.5) is 0 Å². The van der Waals surface area contributed by atoms with Gasteiger partial charge in [0, 0.05) is 30.9 Å². The van der Waals surface area contributed by atoms with E-state index < -0.39 is 17.7 Å². The fraction of sp³-hybridized carbons (Fsp3) is 0.300. The van der Waals surface area contributed by atoms with E-state index in [4.69, 9.17) is 14.2 Å². The molecule has 2 aromatic carbocycles. The highest BCUT2D eigenvalue weighted by Crippen LogP contribution is 2.43. The van der Waals surface area contributed by atoms with Gasteiger partial charge in [0.2, 0.25) is 0 Å². The van der Waals surface area contributed by atoms with Gasteiger partial charge < -0.3 is 24.2 Å². The molecule has 8 heteroatoms. The number of rotatable bonds is 8. The highest BCUT2D eigenvalue weighted by Gasteiger charge is 2.46. The van der Waals surface area contributed by atoms with Crippen LogP contribution in [0.25, 0.3) is 5.76 Å². The number of aromatic nitrogens is 1. The van der Waals surface area contributed by atoms with Crippen LogP contribution < -0.4 is 14.2 Å². The highest BCUT2D eigenvalue weighted by molar-refractivity contribution is 6.46. The number of carbonyl (C=O) groups is 2. The van der Waals surface area contributed by atoms with E-state index in [-0.39, 0.29) is 24.0 Å². The summed E-state index contributed by atoms with van der Waals surface area (Å²) >= 11 is 0. The maximum absolute atomic E-state index is 13.5. The number of hydrogen-bond donors (Lipinski definition) is 1. The summed E-state index contributed by atoms with van der Waals surface area (Å²) in [4.78, 5) is 32.5. The molecule has 0 bridgehead atoms. The summed E-state index contributed by atoms with van der Waals surface area (Å²) in [6.07, 6.45) is 4.04. The van der Waals surface area contributed by atoms with E-state index in [1.807, 2.05) is 32.9 Å². The van der Waals surface area contributed by atoms with Gasteiger partial charge in [0.15, 0.2) is 11.5 Å². The van der Waals surface area contributed by atoms with Crippen molar-refractivity contribution in [2.75, 3.05) is 13.2 Å². The molecule has 38 heavy (non-hydrogen) atoms. The first-order valence-electron chi connectivity index (χ1n) is 12.8. The van der Waals surface area contributed by atoms with Gasteiger partial charge in [-0.15, -0.1) is 0 Å². The second kappa shape index (κ2) is 10.6. The zero-order valence-electron chi connectivity index (χ0n) is 21.6. The molecule has 2 aliphatic rings. The van der Waals surface area contributed by atoms with Gasteiger partial charge in [-0.2, -0.15) is 0 Å². The van der Waals surface area contributed by atoms with Crippen molar-refractivity contribution in [3.05, 3.63) is 88.8 Å². The first-order valence-corrected chi connectivity index (χ1v) is 12.8. The van der Waals surface area contributed by atoms with Crippen LogP contribution in [0, 0.1) is 0 Å². The maximum atomic E-state index is 13.5. The van der Waals surface area contributed by atoms with Gasteiger partial charge in [-0.3, -0.25) is 14.6 Å². The molecular formula is C30H30N2O6. The van der Waals surface area contributed by atoms with E-state index in [1.165, 1.54) is 4.90 Å². The molecule has 8 nitrogen and oxygen atoms in total. The molecule has 0 saturated carbocycles. The van der Waals surface area contributed by atoms with Crippen molar-refractivity contribution < 1.29 is 28.9 Å². The molecule has 3 aromatic rings. The van der Waals surface area contributed by atoms with E-state index in [1.54, 1.807) is 48.8 Å². The fourth-order valence-electron chi connectivity index (χ4n) is 5.04. The topological polar surface area (TPSA) is 98.2 Å². The average molecular weight is 515 g/mol. The lowest BCUT2D eigenvalue weighted by Crippen LogP contribution is -2.29. The summed E-state index contributed by atoms with van der Waals surface area (Å²) in [6, 6.07) is 13.4. The van der Waals surface area contributed by atoms with E-state index in [0.29, 0.717) is 42.3 Å². The standard InChI is InChI=1S/C30H30N2O6/c1-4-36-24-11-8-20(15-25(24)37-5-2)27-26(28(33)21-9-10-23-22(14-21)13-18(3)38-23)29(34)30(35)32(27)17-19-7-6-12-31-16-19/h6-12,14-16,18,27,33H,4-5,13,17H2,1-3H3/t18-,27+/m0/s1. The summed E-state index contributed by atoms with van der Waals surface area (Å²) in [5, 5.41) is 11.5. The van der Waals surface area contributed by atoms with Crippen molar-refractivity contribution in [2.24, 2.45) is 0 Å². The average Bonchev–Trinajstić information content (AvgIpc) is 3.41. The van der Waals surface area contributed by atoms with Gasteiger partial charge in [-0.25, -0.2) is 0 Å². The van der Waals surface area contributed by atoms with Crippen molar-refractivity contribution in [1.82, 2.24) is 9.88 Å². The largest absolute Gasteiger partial charge is 0.507 e. The molecular weight excluding hydrogens is 484 g/mol. The van der Waals surface area contributed by atoms with Gasteiger partial charge >= 0.3 is 0 Å². The molecule has 1 saturated heterocycles. The molecule has 2 atom stereocenters. The maximum Gasteiger partial charge on any atom is 0.295 e. The van der Waals surface area contributed by atoms with Crippen LogP contribution in [-0.4, -0.2) is 46.0 Å². The third-order valence-electron chi connectivity index (χ3n) is 6.67. The van der Waals surface area contributed by atoms with Crippen LogP contribution in [0.15, 0.2) is 66.5 Å². The SMILES string of the molecule is CCOc1ccc([C@@H]2C(=C(O)c3ccc4c(c3)C[C@H](C)O4)C(=O)C(=O)N2Cc2cccnc2)cc1OCC. The predicted octanol–water partition coefficient (Wildman–Crippen LogP) is 4.82. The molecule has 0 unspecified atom stereocenters. The smallest absolute Gasteiger partial charge is 0.295 e. The van der Waals surface area contributed by atoms with Crippen LogP contribution in [0.1, 0.15) is 49.1 Å². The Hall–Kier alpha value is -4.33. The van der Waals surface area contributed by atoms with Crippen LogP contribution in [0.5, 0.6) is 17.2 Å². The van der Waals surface area contributed by atoms with Crippen LogP contribution in [-0.2, 0) is 22.6 Å². The molecule has 1 N–H and O–H groups in total. The molecule has 1 amide bonds. The van der Waals surface area contributed by atoms with Crippen molar-refractivity contribution in [3.63, 3.8) is 0 Å². The number of aliphatic hydroxyl groups is 1. The molecule has 5 rings (SSSR count). The van der Waals surface area contributed by atoms with E-state index in [0.717, 1.165) is 16.9 Å². The number of pyridine rings is 1. The molecule has 0 spiro atoms. The first-order chi connectivity index (χ1) is 18.4. The van der Waals surface area contributed by atoms with E-state index in [2.05, 4.69) is 4.98 Å². The van der Waals surface area contributed by atoms with Crippen LogP contribution >= 0.6 is 0 Å². The summed E-state index contributed by atoms with van der Waals surface area (Å²) in [7, 11) is 0. The van der Waals surface area contributed by atoms with E-state index in [9.17, 15) is 14.7 Å². The van der Waals surface area contributed by atoms with Gasteiger partial charge in [0.1, 0.15) is 17.6 Å². The molecule has 3 heterocycles. The Morgan fingerprint density at radius 3 is 2.61 bits per heavy atom. The van der Waals surface area contributed by atoms with Crippen molar-refractivity contribution in [1.29, 1.82) is 0 Å². The van der Waals surface area contributed by atoms with E-state index >= 15 is 0 Å². The number of fused-ring (bicyclic) bond motifs is 1. The summed E-state index contributed by atoms with van der Waals surface area (Å²) in [6.45, 7) is 6.75. The number of Topliss-reactive ketones (excluding diaryl/α,β-unsaturated/α-hetero) is 1. The number of hydrogen-bond acceptors (Lipinski definition) is 7. The van der Waals surface area contributed by atoms with Crippen LogP contribution in [0.3, 0.4) is 0 Å². The van der Waals surface area contributed by atoms with Gasteiger partial charge in [-0.1, -0.05) is 12.1 Å². The molecule has 1 fully saturated rings. The normalized spacial score (nSPS) is 19.8. The Balaban J connectivity index is 1.65. The lowest BCUT2D eigenvalue weighted by Gasteiger charge is -2.26. The Morgan fingerprint density at radius 2 is 1.87 bits per heavy atom. The molecule has 1 aromatic heterocycles. The predicted molar refractivity (Wildman–Crippen MR) is 141 cm³/mol. The lowest BCUT2D eigenvalue weighted by atomic mass is 9.94. The minimum Gasteiger partial charge on any atom is -0.507 e. The number of carbonyl (C=O) groups excluding carboxylic acids is 2. The third kappa shape index (κ3) is 4.69. The van der Waals surface area contributed by atoms with Gasteiger partial charge in [-0.05, 0) is 73.9 Å². The van der Waals surface area contributed by atoms with Gasteiger partial charge in [0.05, 0.1) is 24.8 Å². The first kappa shape index (κ1) is 25.3. The third-order valence-corrected chi connectivity index (χ3v) is 6.67. The minimum absolute atomic E-state index is 0.0254. The van der Waals surface area contributed by atoms with Crippen molar-refractivity contribution >= 4 is 17.4 Å². The minimum atomic E-state index is -0.839. The number of aliphatic hydroxyl groups excluding tert-OH is 1. The Bertz CT molecular complexity index is 1400. The number of ether oxygens (including phenoxy) is 3. The summed E-state index contributed by atoms with van der Waals surface area (Å²) in [5.41, 5.74) is 2.82. The highest BCUT2D eigenvalue weighted by atomic mass is 16.5. The lowest BCUT2D eigenvalue weighted by molar-refractivity contribution is -0.140. The monoisotopic (exact) mass is 514 g/mol. The van der Waals surface area contributed by atoms with Crippen molar-refractivity contribution in [2.45, 2.75) is 45.9 Å². The molecule has 196 valence electrons. The zero-order chi connectivity index (χ0) is 26.8.